The van der Waals surface area contributed by atoms with Gasteiger partial charge < -0.3 is 10.0 Å². The minimum absolute atomic E-state index is 0.00737. The Morgan fingerprint density at radius 1 is 1.57 bits per heavy atom. The van der Waals surface area contributed by atoms with Crippen LogP contribution in [-0.4, -0.2) is 45.0 Å². The lowest BCUT2D eigenvalue weighted by Gasteiger charge is -2.21. The van der Waals surface area contributed by atoms with E-state index in [0.717, 1.165) is 25.9 Å². The van der Waals surface area contributed by atoms with Gasteiger partial charge in [0.25, 0.3) is 5.91 Å². The Kier molecular flexibility index (Phi) is 4.14. The fourth-order valence-electron chi connectivity index (χ4n) is 2.76. The van der Waals surface area contributed by atoms with Gasteiger partial charge in [0.05, 0.1) is 11.8 Å². The molecule has 6 heteroatoms. The lowest BCUT2D eigenvalue weighted by atomic mass is 10.2. The summed E-state index contributed by atoms with van der Waals surface area (Å²) in [6.45, 7) is 7.12. The maximum absolute atomic E-state index is 12.5. The third-order valence-corrected chi connectivity index (χ3v) is 4.11. The van der Waals surface area contributed by atoms with Crippen LogP contribution < -0.4 is 0 Å². The van der Waals surface area contributed by atoms with Crippen LogP contribution in [0.2, 0.25) is 0 Å². The Hall–Kier alpha value is -2.63. The molecule has 1 amide bonds. The van der Waals surface area contributed by atoms with Crippen molar-refractivity contribution in [2.75, 3.05) is 13.1 Å². The Bertz CT molecular complexity index is 727. The third kappa shape index (κ3) is 3.26. The second kappa shape index (κ2) is 6.24. The number of fused-ring (bicyclic) bond motifs is 1. The molecule has 1 aromatic heterocycles. The maximum Gasteiger partial charge on any atom is 0.254 e. The summed E-state index contributed by atoms with van der Waals surface area (Å²) in [7, 11) is 0. The molecule has 1 saturated heterocycles. The van der Waals surface area contributed by atoms with Crippen LogP contribution in [0, 0.1) is 5.92 Å². The van der Waals surface area contributed by atoms with Gasteiger partial charge in [0.1, 0.15) is 0 Å². The zero-order chi connectivity index (χ0) is 16.4. The van der Waals surface area contributed by atoms with Crippen LogP contribution in [0.4, 0.5) is 0 Å². The molecule has 0 aromatic carbocycles. The quantitative estimate of drug-likeness (QED) is 0.526. The molecule has 6 nitrogen and oxygen atoms in total. The molecule has 0 spiro atoms. The fraction of sp³-hybridized carbons (Fsp3) is 0.353. The molecule has 0 bridgehead atoms. The molecule has 120 valence electrons. The smallest absolute Gasteiger partial charge is 0.254 e. The summed E-state index contributed by atoms with van der Waals surface area (Å²) >= 11 is 0. The van der Waals surface area contributed by atoms with E-state index in [0.29, 0.717) is 17.3 Å². The van der Waals surface area contributed by atoms with E-state index in [4.69, 9.17) is 0 Å². The van der Waals surface area contributed by atoms with E-state index in [2.05, 4.69) is 22.7 Å². The Morgan fingerprint density at radius 2 is 2.39 bits per heavy atom. The Morgan fingerprint density at radius 3 is 3.09 bits per heavy atom. The summed E-state index contributed by atoms with van der Waals surface area (Å²) in [4.78, 5) is 18.6. The Balaban J connectivity index is 1.65. The molecule has 0 saturated carbocycles. The number of nitrogens with zero attached hydrogens (tertiary/aromatic N) is 4. The van der Waals surface area contributed by atoms with Crippen molar-refractivity contribution in [1.82, 2.24) is 14.7 Å². The second-order valence-electron chi connectivity index (χ2n) is 5.73. The average molecular weight is 312 g/mol. The highest BCUT2D eigenvalue weighted by Gasteiger charge is 2.31. The monoisotopic (exact) mass is 312 g/mol. The molecule has 3 rings (SSSR count). The maximum atomic E-state index is 12.5. The predicted molar refractivity (Wildman–Crippen MR) is 88.9 cm³/mol. The van der Waals surface area contributed by atoms with Crippen LogP contribution in [-0.2, 0) is 4.79 Å². The van der Waals surface area contributed by atoms with Gasteiger partial charge in [0.15, 0.2) is 5.82 Å². The zero-order valence-electron chi connectivity index (χ0n) is 13.1. The molecule has 1 aromatic rings. The van der Waals surface area contributed by atoms with E-state index >= 15 is 0 Å². The van der Waals surface area contributed by atoms with Gasteiger partial charge in [-0.05, 0) is 25.8 Å². The van der Waals surface area contributed by atoms with Crippen molar-refractivity contribution in [1.29, 1.82) is 0 Å². The Labute approximate surface area is 135 Å². The highest BCUT2D eigenvalue weighted by molar-refractivity contribution is 6.12. The first-order valence-electron chi connectivity index (χ1n) is 7.72. The summed E-state index contributed by atoms with van der Waals surface area (Å²) in [5, 5.41) is 13.7. The molecule has 1 aliphatic heterocycles. The molecule has 0 radical (unpaired) electrons. The predicted octanol–water partition coefficient (Wildman–Crippen LogP) is 2.21. The van der Waals surface area contributed by atoms with Gasteiger partial charge in [0.2, 0.25) is 5.88 Å². The van der Waals surface area contributed by atoms with Gasteiger partial charge in [-0.2, -0.15) is 9.78 Å². The number of aliphatic imine (C=N–C) groups is 1. The van der Waals surface area contributed by atoms with Gasteiger partial charge in [-0.25, -0.2) is 4.99 Å². The van der Waals surface area contributed by atoms with Crippen molar-refractivity contribution in [3.8, 4) is 5.88 Å². The molecule has 1 unspecified atom stereocenters. The van der Waals surface area contributed by atoms with Crippen molar-refractivity contribution < 1.29 is 9.90 Å². The van der Waals surface area contributed by atoms with E-state index in [9.17, 15) is 9.90 Å². The molecular weight excluding hydrogens is 292 g/mol. The standard InChI is InChI=1S/C17H20N4O2/c1-3-15(21-16(22)6-7-19-21)18-10-12(2)17(23)20-8-4-5-13-9-14(13)11-20/h3,6-7,9-10,14,22H,2,4-5,8,11H2,1H3/b15-3+,18-10-. The molecule has 1 aliphatic carbocycles. The zero-order valence-corrected chi connectivity index (χ0v) is 13.1. The van der Waals surface area contributed by atoms with Gasteiger partial charge in [0, 0.05) is 31.3 Å². The lowest BCUT2D eigenvalue weighted by Crippen LogP contribution is -2.34. The molecule has 1 N–H and O–H groups in total. The minimum atomic E-state index is -0.0876. The number of hydrogen-bond acceptors (Lipinski definition) is 4. The molecule has 1 atom stereocenters. The number of amides is 1. The van der Waals surface area contributed by atoms with Crippen LogP contribution in [0.5, 0.6) is 5.88 Å². The number of rotatable bonds is 4. The van der Waals surface area contributed by atoms with E-state index in [1.165, 1.54) is 28.7 Å². The number of carbonyl (C=O) groups is 1. The van der Waals surface area contributed by atoms with E-state index in [1.807, 2.05) is 4.90 Å². The molecular formula is C17H20N4O2. The third-order valence-electron chi connectivity index (χ3n) is 4.11. The first-order chi connectivity index (χ1) is 11.1. The van der Waals surface area contributed by atoms with E-state index in [-0.39, 0.29) is 11.8 Å². The number of hydrogen-bond donors (Lipinski definition) is 1. The van der Waals surface area contributed by atoms with Crippen molar-refractivity contribution >= 4 is 17.9 Å². The topological polar surface area (TPSA) is 70.7 Å². The van der Waals surface area contributed by atoms with Gasteiger partial charge in [-0.15, -0.1) is 0 Å². The van der Waals surface area contributed by atoms with Crippen LogP contribution >= 0.6 is 0 Å². The SMILES string of the molecule is C=C(/C=N\C(=C/C)n1nccc1O)C(=O)N1CCCC2=CC2C1. The fourth-order valence-corrected chi connectivity index (χ4v) is 2.76. The molecule has 1 fully saturated rings. The van der Waals surface area contributed by atoms with Crippen molar-refractivity contribution in [3.05, 3.63) is 42.1 Å². The molecule has 2 aliphatic rings. The van der Waals surface area contributed by atoms with Crippen LogP contribution in [0.25, 0.3) is 5.82 Å². The summed E-state index contributed by atoms with van der Waals surface area (Å²) in [5.74, 6) is 0.809. The number of carbonyl (C=O) groups excluding carboxylic acids is 1. The van der Waals surface area contributed by atoms with Crippen LogP contribution in [0.1, 0.15) is 19.8 Å². The first kappa shape index (κ1) is 15.3. The van der Waals surface area contributed by atoms with Crippen molar-refractivity contribution in [2.24, 2.45) is 10.9 Å². The van der Waals surface area contributed by atoms with E-state index < -0.39 is 0 Å². The lowest BCUT2D eigenvalue weighted by molar-refractivity contribution is -0.126. The van der Waals surface area contributed by atoms with Gasteiger partial charge in [-0.1, -0.05) is 18.2 Å². The highest BCUT2D eigenvalue weighted by atomic mass is 16.3. The summed E-state index contributed by atoms with van der Waals surface area (Å²) < 4.78 is 1.29. The average Bonchev–Trinajstić information content (AvgIpc) is 3.19. The number of allylic oxidation sites excluding steroid dienone is 1. The molecule has 23 heavy (non-hydrogen) atoms. The largest absolute Gasteiger partial charge is 0.493 e. The summed E-state index contributed by atoms with van der Waals surface area (Å²) in [6, 6.07) is 1.47. The number of aromatic nitrogens is 2. The number of likely N-dealkylation sites (tertiary alicyclic amines) is 1. The first-order valence-corrected chi connectivity index (χ1v) is 7.72. The molecule has 2 heterocycles. The van der Waals surface area contributed by atoms with Gasteiger partial charge in [-0.3, -0.25) is 4.79 Å². The highest BCUT2D eigenvalue weighted by Crippen LogP contribution is 2.36. The second-order valence-corrected chi connectivity index (χ2v) is 5.73. The van der Waals surface area contributed by atoms with Crippen LogP contribution in [0.15, 0.2) is 47.1 Å². The van der Waals surface area contributed by atoms with Crippen LogP contribution in [0.3, 0.4) is 0 Å². The minimum Gasteiger partial charge on any atom is -0.493 e. The normalized spacial score (nSPS) is 20.9. The number of aromatic hydroxyl groups is 1. The van der Waals surface area contributed by atoms with Crippen molar-refractivity contribution in [2.45, 2.75) is 19.8 Å². The summed E-state index contributed by atoms with van der Waals surface area (Å²) in [6.07, 6.45) is 8.94. The van der Waals surface area contributed by atoms with Crippen molar-refractivity contribution in [3.63, 3.8) is 0 Å². The van der Waals surface area contributed by atoms with Gasteiger partial charge >= 0.3 is 0 Å². The summed E-state index contributed by atoms with van der Waals surface area (Å²) in [5.41, 5.74) is 1.81. The van der Waals surface area contributed by atoms with E-state index in [1.54, 1.807) is 13.0 Å².